The van der Waals surface area contributed by atoms with Gasteiger partial charge in [-0.3, -0.25) is 11.3 Å². The monoisotopic (exact) mass is 240 g/mol. The molecule has 0 radical (unpaired) electrons. The number of hydrazine groups is 1. The van der Waals surface area contributed by atoms with Gasteiger partial charge in [-0.1, -0.05) is 52.9 Å². The lowest BCUT2D eigenvalue weighted by Crippen LogP contribution is -2.42. The molecule has 1 unspecified atom stereocenters. The molecule has 3 N–H and O–H groups in total. The number of nitrogens with two attached hydrogens (primary N) is 1. The molecule has 1 aliphatic carbocycles. The SMILES string of the molecule is CCC1CCC(C(CCCC(C)C)NN)CC1. The number of hydrogen-bond donors (Lipinski definition) is 2. The minimum atomic E-state index is 0.562. The van der Waals surface area contributed by atoms with Gasteiger partial charge in [-0.15, -0.1) is 0 Å². The van der Waals surface area contributed by atoms with Crippen molar-refractivity contribution >= 4 is 0 Å². The molecule has 1 saturated carbocycles. The second-order valence-corrected chi connectivity index (χ2v) is 6.29. The van der Waals surface area contributed by atoms with Crippen LogP contribution in [0.4, 0.5) is 0 Å². The lowest BCUT2D eigenvalue weighted by atomic mass is 9.76. The molecule has 1 rings (SSSR count). The molecule has 0 spiro atoms. The van der Waals surface area contributed by atoms with Crippen molar-refractivity contribution in [2.24, 2.45) is 23.6 Å². The quantitative estimate of drug-likeness (QED) is 0.524. The summed E-state index contributed by atoms with van der Waals surface area (Å²) < 4.78 is 0. The van der Waals surface area contributed by atoms with Crippen LogP contribution in [0.15, 0.2) is 0 Å². The highest BCUT2D eigenvalue weighted by atomic mass is 15.2. The summed E-state index contributed by atoms with van der Waals surface area (Å²) >= 11 is 0. The number of nitrogens with one attached hydrogen (secondary N) is 1. The van der Waals surface area contributed by atoms with E-state index in [0.29, 0.717) is 6.04 Å². The predicted molar refractivity (Wildman–Crippen MR) is 75.5 cm³/mol. The smallest absolute Gasteiger partial charge is 0.0238 e. The second-order valence-electron chi connectivity index (χ2n) is 6.29. The van der Waals surface area contributed by atoms with Crippen LogP contribution in [-0.2, 0) is 0 Å². The highest BCUT2D eigenvalue weighted by Gasteiger charge is 2.25. The van der Waals surface area contributed by atoms with Crippen molar-refractivity contribution in [2.75, 3.05) is 0 Å². The van der Waals surface area contributed by atoms with Crippen LogP contribution in [0, 0.1) is 17.8 Å². The summed E-state index contributed by atoms with van der Waals surface area (Å²) in [6.45, 7) is 6.93. The Balaban J connectivity index is 2.25. The molecule has 1 fully saturated rings. The van der Waals surface area contributed by atoms with E-state index in [0.717, 1.165) is 17.8 Å². The van der Waals surface area contributed by atoms with E-state index >= 15 is 0 Å². The summed E-state index contributed by atoms with van der Waals surface area (Å²) in [5.74, 6) is 8.38. The fraction of sp³-hybridized carbons (Fsp3) is 1.00. The molecule has 2 heteroatoms. The van der Waals surface area contributed by atoms with E-state index in [4.69, 9.17) is 5.84 Å². The maximum atomic E-state index is 5.74. The lowest BCUT2D eigenvalue weighted by Gasteiger charge is -2.33. The molecule has 102 valence electrons. The summed E-state index contributed by atoms with van der Waals surface area (Å²) in [5, 5.41) is 0. The molecule has 1 atom stereocenters. The summed E-state index contributed by atoms with van der Waals surface area (Å²) in [6, 6.07) is 0.562. The van der Waals surface area contributed by atoms with Crippen LogP contribution in [0.25, 0.3) is 0 Å². The van der Waals surface area contributed by atoms with E-state index in [1.54, 1.807) is 0 Å². The Kier molecular flexibility index (Phi) is 7.14. The first-order valence-corrected chi connectivity index (χ1v) is 7.63. The van der Waals surface area contributed by atoms with Crippen molar-refractivity contribution in [3.05, 3.63) is 0 Å². The van der Waals surface area contributed by atoms with Gasteiger partial charge in [0.2, 0.25) is 0 Å². The van der Waals surface area contributed by atoms with Crippen LogP contribution in [0.1, 0.15) is 72.1 Å². The first kappa shape index (κ1) is 15.0. The molecular weight excluding hydrogens is 208 g/mol. The molecule has 0 aromatic heterocycles. The molecule has 0 aromatic rings. The first-order valence-electron chi connectivity index (χ1n) is 7.63. The third-order valence-electron chi connectivity index (χ3n) is 4.55. The number of hydrogen-bond acceptors (Lipinski definition) is 2. The largest absolute Gasteiger partial charge is 0.271 e. The third-order valence-corrected chi connectivity index (χ3v) is 4.55. The molecule has 0 saturated heterocycles. The van der Waals surface area contributed by atoms with E-state index in [9.17, 15) is 0 Å². The number of rotatable bonds is 7. The highest BCUT2D eigenvalue weighted by molar-refractivity contribution is 4.80. The van der Waals surface area contributed by atoms with Crippen molar-refractivity contribution in [3.8, 4) is 0 Å². The van der Waals surface area contributed by atoms with E-state index in [-0.39, 0.29) is 0 Å². The minimum Gasteiger partial charge on any atom is -0.271 e. The van der Waals surface area contributed by atoms with Crippen LogP contribution >= 0.6 is 0 Å². The lowest BCUT2D eigenvalue weighted by molar-refractivity contribution is 0.208. The van der Waals surface area contributed by atoms with Crippen LogP contribution < -0.4 is 11.3 Å². The minimum absolute atomic E-state index is 0.562. The van der Waals surface area contributed by atoms with Crippen LogP contribution in [0.5, 0.6) is 0 Å². The van der Waals surface area contributed by atoms with Crippen molar-refractivity contribution < 1.29 is 0 Å². The third kappa shape index (κ3) is 5.39. The van der Waals surface area contributed by atoms with Crippen LogP contribution in [-0.4, -0.2) is 6.04 Å². The summed E-state index contributed by atoms with van der Waals surface area (Å²) in [5.41, 5.74) is 3.08. The van der Waals surface area contributed by atoms with Crippen LogP contribution in [0.2, 0.25) is 0 Å². The normalized spacial score (nSPS) is 27.4. The van der Waals surface area contributed by atoms with Gasteiger partial charge in [0.25, 0.3) is 0 Å². The standard InChI is InChI=1S/C15H32N2/c1-4-13-8-10-14(11-9-13)15(17-16)7-5-6-12(2)3/h12-15,17H,4-11,16H2,1-3H3. The summed E-state index contributed by atoms with van der Waals surface area (Å²) in [6.07, 6.45) is 10.9. The van der Waals surface area contributed by atoms with Crippen molar-refractivity contribution in [3.63, 3.8) is 0 Å². The van der Waals surface area contributed by atoms with E-state index < -0.39 is 0 Å². The van der Waals surface area contributed by atoms with Gasteiger partial charge < -0.3 is 0 Å². The van der Waals surface area contributed by atoms with E-state index in [2.05, 4.69) is 26.2 Å². The first-order chi connectivity index (χ1) is 8.17. The Bertz CT molecular complexity index is 183. The maximum absolute atomic E-state index is 5.74. The van der Waals surface area contributed by atoms with E-state index in [1.807, 2.05) is 0 Å². The van der Waals surface area contributed by atoms with Gasteiger partial charge in [0.1, 0.15) is 0 Å². The molecule has 0 aromatic carbocycles. The molecular formula is C15H32N2. The maximum Gasteiger partial charge on any atom is 0.0238 e. The highest BCUT2D eigenvalue weighted by Crippen LogP contribution is 2.33. The molecule has 0 heterocycles. The Morgan fingerprint density at radius 2 is 1.76 bits per heavy atom. The van der Waals surface area contributed by atoms with Gasteiger partial charge in [-0.05, 0) is 37.0 Å². The summed E-state index contributed by atoms with van der Waals surface area (Å²) in [4.78, 5) is 0. The fourth-order valence-electron chi connectivity index (χ4n) is 3.20. The molecule has 17 heavy (non-hydrogen) atoms. The van der Waals surface area contributed by atoms with E-state index in [1.165, 1.54) is 51.4 Å². The second kappa shape index (κ2) is 8.10. The average molecular weight is 240 g/mol. The van der Waals surface area contributed by atoms with Crippen molar-refractivity contribution in [1.82, 2.24) is 5.43 Å². The van der Waals surface area contributed by atoms with Gasteiger partial charge in [0.15, 0.2) is 0 Å². The van der Waals surface area contributed by atoms with Crippen molar-refractivity contribution in [2.45, 2.75) is 78.2 Å². The molecule has 2 nitrogen and oxygen atoms in total. The van der Waals surface area contributed by atoms with Gasteiger partial charge in [0, 0.05) is 6.04 Å². The Morgan fingerprint density at radius 3 is 2.24 bits per heavy atom. The van der Waals surface area contributed by atoms with Crippen molar-refractivity contribution in [1.29, 1.82) is 0 Å². The zero-order valence-corrected chi connectivity index (χ0v) is 12.0. The zero-order chi connectivity index (χ0) is 12.7. The Morgan fingerprint density at radius 1 is 1.12 bits per heavy atom. The topological polar surface area (TPSA) is 38.0 Å². The van der Waals surface area contributed by atoms with Gasteiger partial charge >= 0.3 is 0 Å². The molecule has 0 bridgehead atoms. The summed E-state index contributed by atoms with van der Waals surface area (Å²) in [7, 11) is 0. The fourth-order valence-corrected chi connectivity index (χ4v) is 3.20. The van der Waals surface area contributed by atoms with Gasteiger partial charge in [-0.25, -0.2) is 0 Å². The average Bonchev–Trinajstić information content (AvgIpc) is 2.34. The molecule has 0 amide bonds. The predicted octanol–water partition coefficient (Wildman–Crippen LogP) is 3.86. The van der Waals surface area contributed by atoms with Gasteiger partial charge in [-0.2, -0.15) is 0 Å². The zero-order valence-electron chi connectivity index (χ0n) is 12.0. The molecule has 0 aliphatic heterocycles. The Labute approximate surface area is 108 Å². The molecule has 1 aliphatic rings. The van der Waals surface area contributed by atoms with Crippen LogP contribution in [0.3, 0.4) is 0 Å². The van der Waals surface area contributed by atoms with Gasteiger partial charge in [0.05, 0.1) is 0 Å². The Hall–Kier alpha value is -0.0800.